The SMILES string of the molecule is CS(=O)(=O)Nc1ccc(C(=O)Nc2ccc(OC3CCCC3)cc2)cc1. The summed E-state index contributed by atoms with van der Waals surface area (Å²) in [5.41, 5.74) is 1.53. The van der Waals surface area contributed by atoms with Gasteiger partial charge in [-0.1, -0.05) is 0 Å². The van der Waals surface area contributed by atoms with Crippen LogP contribution in [0, 0.1) is 0 Å². The summed E-state index contributed by atoms with van der Waals surface area (Å²) in [6, 6.07) is 13.6. The van der Waals surface area contributed by atoms with E-state index in [9.17, 15) is 13.2 Å². The molecule has 1 aliphatic rings. The van der Waals surface area contributed by atoms with Gasteiger partial charge in [0.05, 0.1) is 12.4 Å². The van der Waals surface area contributed by atoms with Crippen LogP contribution in [0.2, 0.25) is 0 Å². The first-order valence-electron chi connectivity index (χ1n) is 8.55. The van der Waals surface area contributed by atoms with Gasteiger partial charge in [-0.05, 0) is 74.2 Å². The fourth-order valence-corrected chi connectivity index (χ4v) is 3.49. The molecule has 138 valence electrons. The molecular formula is C19H22N2O4S. The Morgan fingerprint density at radius 2 is 1.54 bits per heavy atom. The van der Waals surface area contributed by atoms with Crippen LogP contribution in [0.15, 0.2) is 48.5 Å². The molecule has 7 heteroatoms. The van der Waals surface area contributed by atoms with E-state index >= 15 is 0 Å². The van der Waals surface area contributed by atoms with E-state index < -0.39 is 10.0 Å². The summed E-state index contributed by atoms with van der Waals surface area (Å²) in [7, 11) is -3.33. The summed E-state index contributed by atoms with van der Waals surface area (Å²) in [4.78, 5) is 12.3. The smallest absolute Gasteiger partial charge is 0.255 e. The van der Waals surface area contributed by atoms with Gasteiger partial charge in [0.1, 0.15) is 5.75 Å². The summed E-state index contributed by atoms with van der Waals surface area (Å²) >= 11 is 0. The number of hydrogen-bond acceptors (Lipinski definition) is 4. The fourth-order valence-electron chi connectivity index (χ4n) is 2.92. The van der Waals surface area contributed by atoms with Gasteiger partial charge < -0.3 is 10.1 Å². The van der Waals surface area contributed by atoms with E-state index in [4.69, 9.17) is 4.74 Å². The first-order chi connectivity index (χ1) is 12.4. The van der Waals surface area contributed by atoms with Crippen LogP contribution in [-0.2, 0) is 10.0 Å². The normalized spacial score (nSPS) is 14.8. The minimum atomic E-state index is -3.33. The molecule has 0 bridgehead atoms. The van der Waals surface area contributed by atoms with Crippen molar-refractivity contribution in [1.82, 2.24) is 0 Å². The number of benzene rings is 2. The predicted octanol–water partition coefficient (Wildman–Crippen LogP) is 3.63. The van der Waals surface area contributed by atoms with Crippen molar-refractivity contribution in [3.63, 3.8) is 0 Å². The molecule has 3 rings (SSSR count). The van der Waals surface area contributed by atoms with E-state index in [1.807, 2.05) is 24.3 Å². The number of rotatable bonds is 6. The van der Waals surface area contributed by atoms with Crippen LogP contribution in [0.3, 0.4) is 0 Å². The van der Waals surface area contributed by atoms with Gasteiger partial charge in [-0.2, -0.15) is 0 Å². The van der Waals surface area contributed by atoms with Gasteiger partial charge in [-0.15, -0.1) is 0 Å². The third-order valence-electron chi connectivity index (χ3n) is 4.17. The topological polar surface area (TPSA) is 84.5 Å². The largest absolute Gasteiger partial charge is 0.490 e. The van der Waals surface area contributed by atoms with Crippen LogP contribution in [0.4, 0.5) is 11.4 Å². The zero-order chi connectivity index (χ0) is 18.6. The van der Waals surface area contributed by atoms with E-state index in [1.165, 1.54) is 12.8 Å². The summed E-state index contributed by atoms with van der Waals surface area (Å²) < 4.78 is 30.7. The number of hydrogen-bond donors (Lipinski definition) is 2. The van der Waals surface area contributed by atoms with Gasteiger partial charge >= 0.3 is 0 Å². The third kappa shape index (κ3) is 5.23. The Balaban J connectivity index is 1.58. The van der Waals surface area contributed by atoms with Crippen molar-refractivity contribution in [2.45, 2.75) is 31.8 Å². The number of anilines is 2. The molecule has 1 saturated carbocycles. The molecule has 1 fully saturated rings. The minimum Gasteiger partial charge on any atom is -0.490 e. The van der Waals surface area contributed by atoms with Crippen molar-refractivity contribution in [2.75, 3.05) is 16.3 Å². The van der Waals surface area contributed by atoms with Crippen LogP contribution in [0.5, 0.6) is 5.75 Å². The van der Waals surface area contributed by atoms with E-state index in [0.29, 0.717) is 23.0 Å². The molecule has 1 aliphatic carbocycles. The van der Waals surface area contributed by atoms with Crippen LogP contribution < -0.4 is 14.8 Å². The van der Waals surface area contributed by atoms with Crippen LogP contribution in [0.25, 0.3) is 0 Å². The molecule has 0 saturated heterocycles. The van der Waals surface area contributed by atoms with Gasteiger partial charge in [-0.25, -0.2) is 8.42 Å². The lowest BCUT2D eigenvalue weighted by atomic mass is 10.2. The number of sulfonamides is 1. The van der Waals surface area contributed by atoms with Crippen molar-refractivity contribution in [1.29, 1.82) is 0 Å². The van der Waals surface area contributed by atoms with Gasteiger partial charge in [0, 0.05) is 16.9 Å². The molecule has 26 heavy (non-hydrogen) atoms. The maximum Gasteiger partial charge on any atom is 0.255 e. The maximum absolute atomic E-state index is 12.3. The van der Waals surface area contributed by atoms with Crippen molar-refractivity contribution >= 4 is 27.3 Å². The summed E-state index contributed by atoms with van der Waals surface area (Å²) in [6.45, 7) is 0. The van der Waals surface area contributed by atoms with E-state index in [-0.39, 0.29) is 5.91 Å². The first kappa shape index (κ1) is 18.3. The molecule has 0 radical (unpaired) electrons. The second kappa shape index (κ2) is 7.78. The molecule has 2 aromatic carbocycles. The zero-order valence-corrected chi connectivity index (χ0v) is 15.4. The molecule has 1 amide bonds. The van der Waals surface area contributed by atoms with Crippen LogP contribution in [0.1, 0.15) is 36.0 Å². The Hall–Kier alpha value is -2.54. The summed E-state index contributed by atoms with van der Waals surface area (Å²) in [5.74, 6) is 0.548. The monoisotopic (exact) mass is 374 g/mol. The zero-order valence-electron chi connectivity index (χ0n) is 14.6. The standard InChI is InChI=1S/C19H22N2O4S/c1-26(23,24)21-16-8-6-14(7-9-16)19(22)20-15-10-12-18(13-11-15)25-17-4-2-3-5-17/h6-13,17,21H,2-5H2,1H3,(H,20,22). The second-order valence-corrected chi connectivity index (χ2v) is 8.20. The highest BCUT2D eigenvalue weighted by molar-refractivity contribution is 7.92. The molecule has 0 aliphatic heterocycles. The van der Waals surface area contributed by atoms with Gasteiger partial charge in [0.25, 0.3) is 5.91 Å². The van der Waals surface area contributed by atoms with Crippen LogP contribution in [-0.4, -0.2) is 26.7 Å². The highest BCUT2D eigenvalue weighted by Crippen LogP contribution is 2.25. The number of amides is 1. The Bertz CT molecular complexity index is 855. The maximum atomic E-state index is 12.3. The summed E-state index contributed by atoms with van der Waals surface area (Å²) in [6.07, 6.45) is 6.02. The molecule has 2 aromatic rings. The Kier molecular flexibility index (Phi) is 5.46. The van der Waals surface area contributed by atoms with Gasteiger partial charge in [0.15, 0.2) is 0 Å². The lowest BCUT2D eigenvalue weighted by Gasteiger charge is -2.13. The van der Waals surface area contributed by atoms with E-state index in [0.717, 1.165) is 24.8 Å². The molecule has 0 aromatic heterocycles. The lowest BCUT2D eigenvalue weighted by Crippen LogP contribution is -2.13. The average molecular weight is 374 g/mol. The quantitative estimate of drug-likeness (QED) is 0.809. The van der Waals surface area contributed by atoms with Crippen molar-refractivity contribution in [3.05, 3.63) is 54.1 Å². The molecule has 0 heterocycles. The van der Waals surface area contributed by atoms with Crippen molar-refractivity contribution in [3.8, 4) is 5.75 Å². The number of carbonyl (C=O) groups excluding carboxylic acids is 1. The molecule has 0 unspecified atom stereocenters. The van der Waals surface area contributed by atoms with Crippen LogP contribution >= 0.6 is 0 Å². The Labute approximate surface area is 153 Å². The summed E-state index contributed by atoms with van der Waals surface area (Å²) in [5, 5.41) is 2.81. The second-order valence-electron chi connectivity index (χ2n) is 6.45. The number of carbonyl (C=O) groups is 1. The minimum absolute atomic E-state index is 0.264. The first-order valence-corrected chi connectivity index (χ1v) is 10.4. The molecule has 2 N–H and O–H groups in total. The Morgan fingerprint density at radius 3 is 2.12 bits per heavy atom. The third-order valence-corrected chi connectivity index (χ3v) is 4.77. The van der Waals surface area contributed by atoms with Gasteiger partial charge in [0.2, 0.25) is 10.0 Å². The average Bonchev–Trinajstić information content (AvgIpc) is 3.09. The fraction of sp³-hybridized carbons (Fsp3) is 0.316. The van der Waals surface area contributed by atoms with Gasteiger partial charge in [-0.3, -0.25) is 9.52 Å². The molecule has 6 nitrogen and oxygen atoms in total. The van der Waals surface area contributed by atoms with E-state index in [2.05, 4.69) is 10.0 Å². The van der Waals surface area contributed by atoms with Crippen molar-refractivity contribution < 1.29 is 17.9 Å². The number of nitrogens with one attached hydrogen (secondary N) is 2. The highest BCUT2D eigenvalue weighted by Gasteiger charge is 2.16. The molecule has 0 atom stereocenters. The molecule has 0 spiro atoms. The highest BCUT2D eigenvalue weighted by atomic mass is 32.2. The Morgan fingerprint density at radius 1 is 0.962 bits per heavy atom. The number of ether oxygens (including phenoxy) is 1. The van der Waals surface area contributed by atoms with E-state index in [1.54, 1.807) is 24.3 Å². The lowest BCUT2D eigenvalue weighted by molar-refractivity contribution is 0.102. The molecular weight excluding hydrogens is 352 g/mol. The predicted molar refractivity (Wildman–Crippen MR) is 102 cm³/mol. The van der Waals surface area contributed by atoms with Crippen molar-refractivity contribution in [2.24, 2.45) is 0 Å².